The Morgan fingerprint density at radius 1 is 1.32 bits per heavy atom. The number of ether oxygens (including phenoxy) is 3. The maximum atomic E-state index is 11.9. The number of hydrogen-bond donors (Lipinski definition) is 1. The predicted octanol–water partition coefficient (Wildman–Crippen LogP) is 1.07. The highest BCUT2D eigenvalue weighted by atomic mass is 19.4. The average Bonchev–Trinajstić information content (AvgIpc) is 2.36. The number of methoxy groups -OCH3 is 2. The molecule has 1 rings (SSSR count). The third kappa shape index (κ3) is 4.87. The molecule has 0 aliphatic rings. The second-order valence-corrected chi connectivity index (χ2v) is 3.54. The van der Waals surface area contributed by atoms with E-state index in [0.717, 1.165) is 0 Å². The first-order valence-electron chi connectivity index (χ1n) is 5.22. The van der Waals surface area contributed by atoms with Gasteiger partial charge in [-0.1, -0.05) is 0 Å². The largest absolute Gasteiger partial charge is 0.480 e. The van der Waals surface area contributed by atoms with Crippen molar-refractivity contribution in [1.29, 1.82) is 0 Å². The van der Waals surface area contributed by atoms with Crippen LogP contribution in [0.3, 0.4) is 0 Å². The third-order valence-electron chi connectivity index (χ3n) is 2.06. The van der Waals surface area contributed by atoms with Crippen molar-refractivity contribution in [2.75, 3.05) is 27.4 Å². The minimum atomic E-state index is -4.39. The van der Waals surface area contributed by atoms with Gasteiger partial charge in [0.25, 0.3) is 0 Å². The van der Waals surface area contributed by atoms with Crippen LogP contribution in [0, 0.1) is 0 Å². The monoisotopic (exact) mass is 281 g/mol. The highest BCUT2D eigenvalue weighted by Gasteiger charge is 2.28. The quantitative estimate of drug-likeness (QED) is 0.840. The molecule has 1 unspecified atom stereocenters. The molecule has 0 saturated heterocycles. The van der Waals surface area contributed by atoms with E-state index in [0.29, 0.717) is 0 Å². The van der Waals surface area contributed by atoms with Crippen molar-refractivity contribution in [1.82, 2.24) is 9.97 Å². The van der Waals surface area contributed by atoms with Crippen LogP contribution in [0.5, 0.6) is 11.8 Å². The maximum absolute atomic E-state index is 11.9. The number of nitrogens with zero attached hydrogens (tertiary/aromatic N) is 2. The van der Waals surface area contributed by atoms with Gasteiger partial charge in [-0.3, -0.25) is 0 Å². The summed E-state index contributed by atoms with van der Waals surface area (Å²) >= 11 is 0. The fourth-order valence-electron chi connectivity index (χ4n) is 1.25. The molecule has 1 aromatic heterocycles. The van der Waals surface area contributed by atoms with Crippen LogP contribution in [-0.2, 0) is 4.74 Å². The molecule has 0 saturated carbocycles. The molecule has 0 aromatic carbocycles. The Labute approximate surface area is 107 Å². The van der Waals surface area contributed by atoms with Crippen LogP contribution in [-0.4, -0.2) is 43.6 Å². The number of aromatic nitrogens is 2. The van der Waals surface area contributed by atoms with E-state index >= 15 is 0 Å². The lowest BCUT2D eigenvalue weighted by Crippen LogP contribution is -2.24. The first-order chi connectivity index (χ1) is 8.87. The summed E-state index contributed by atoms with van der Waals surface area (Å²) < 4.78 is 50.0. The minimum Gasteiger partial charge on any atom is -0.480 e. The Bertz CT molecular complexity index is 415. The summed E-state index contributed by atoms with van der Waals surface area (Å²) in [5.41, 5.74) is 5.88. The Morgan fingerprint density at radius 2 is 2.00 bits per heavy atom. The molecule has 19 heavy (non-hydrogen) atoms. The van der Waals surface area contributed by atoms with E-state index in [1.54, 1.807) is 0 Å². The molecule has 1 heterocycles. The van der Waals surface area contributed by atoms with Gasteiger partial charge < -0.3 is 19.9 Å². The smallest absolute Gasteiger partial charge is 0.411 e. The van der Waals surface area contributed by atoms with Gasteiger partial charge in [0, 0.05) is 0 Å². The summed E-state index contributed by atoms with van der Waals surface area (Å²) in [7, 11) is 2.74. The Balaban J connectivity index is 2.68. The highest BCUT2D eigenvalue weighted by molar-refractivity contribution is 5.25. The van der Waals surface area contributed by atoms with Crippen molar-refractivity contribution in [2.45, 2.75) is 12.2 Å². The molecule has 0 spiro atoms. The lowest BCUT2D eigenvalue weighted by Gasteiger charge is -2.15. The van der Waals surface area contributed by atoms with Crippen molar-refractivity contribution in [3.63, 3.8) is 0 Å². The second kappa shape index (κ2) is 6.53. The zero-order valence-electron chi connectivity index (χ0n) is 10.4. The number of hydrogen-bond acceptors (Lipinski definition) is 6. The number of nitrogens with two attached hydrogens (primary N) is 1. The van der Waals surface area contributed by atoms with Gasteiger partial charge in [0.2, 0.25) is 11.8 Å². The SMILES string of the molecule is COc1cnc(C(N)COCC(F)(F)F)c(OC)n1. The topological polar surface area (TPSA) is 79.5 Å². The van der Waals surface area contributed by atoms with E-state index in [2.05, 4.69) is 14.7 Å². The fraction of sp³-hybridized carbons (Fsp3) is 0.600. The van der Waals surface area contributed by atoms with Crippen LogP contribution in [0.2, 0.25) is 0 Å². The van der Waals surface area contributed by atoms with E-state index < -0.39 is 18.8 Å². The predicted molar refractivity (Wildman–Crippen MR) is 58.9 cm³/mol. The average molecular weight is 281 g/mol. The first-order valence-corrected chi connectivity index (χ1v) is 5.22. The van der Waals surface area contributed by atoms with E-state index in [4.69, 9.17) is 15.2 Å². The van der Waals surface area contributed by atoms with Crippen molar-refractivity contribution >= 4 is 0 Å². The van der Waals surface area contributed by atoms with Crippen LogP contribution >= 0.6 is 0 Å². The van der Waals surface area contributed by atoms with Crippen LogP contribution in [0.4, 0.5) is 13.2 Å². The Kier molecular flexibility index (Phi) is 5.31. The van der Waals surface area contributed by atoms with Crippen LogP contribution < -0.4 is 15.2 Å². The number of rotatable bonds is 6. The Hall–Kier alpha value is -1.61. The van der Waals surface area contributed by atoms with Crippen LogP contribution in [0.15, 0.2) is 6.20 Å². The van der Waals surface area contributed by atoms with Gasteiger partial charge in [0.15, 0.2) is 0 Å². The van der Waals surface area contributed by atoms with Crippen LogP contribution in [0.25, 0.3) is 0 Å². The Morgan fingerprint density at radius 3 is 2.53 bits per heavy atom. The first kappa shape index (κ1) is 15.4. The maximum Gasteiger partial charge on any atom is 0.411 e. The third-order valence-corrected chi connectivity index (χ3v) is 2.06. The van der Waals surface area contributed by atoms with E-state index in [1.807, 2.05) is 0 Å². The molecular weight excluding hydrogens is 267 g/mol. The molecule has 1 atom stereocenters. The van der Waals surface area contributed by atoms with Crippen LogP contribution in [0.1, 0.15) is 11.7 Å². The van der Waals surface area contributed by atoms with E-state index in [1.165, 1.54) is 20.4 Å². The van der Waals surface area contributed by atoms with E-state index in [-0.39, 0.29) is 24.1 Å². The zero-order valence-corrected chi connectivity index (χ0v) is 10.4. The summed E-state index contributed by atoms with van der Waals surface area (Å²) in [6.07, 6.45) is -3.10. The van der Waals surface area contributed by atoms with E-state index in [9.17, 15) is 13.2 Å². The normalized spacial score (nSPS) is 13.2. The fourth-order valence-corrected chi connectivity index (χ4v) is 1.25. The highest BCUT2D eigenvalue weighted by Crippen LogP contribution is 2.22. The summed E-state index contributed by atoms with van der Waals surface area (Å²) in [6, 6.07) is -0.879. The van der Waals surface area contributed by atoms with Crippen molar-refractivity contribution < 1.29 is 27.4 Å². The van der Waals surface area contributed by atoms with Crippen molar-refractivity contribution in [3.8, 4) is 11.8 Å². The molecule has 0 aliphatic heterocycles. The summed E-state index contributed by atoms with van der Waals surface area (Å²) in [5, 5.41) is 0. The van der Waals surface area contributed by atoms with Crippen molar-refractivity contribution in [3.05, 3.63) is 11.9 Å². The molecule has 0 fully saturated rings. The van der Waals surface area contributed by atoms with Crippen molar-refractivity contribution in [2.24, 2.45) is 5.73 Å². The number of halogens is 3. The molecule has 0 radical (unpaired) electrons. The summed E-state index contributed by atoms with van der Waals surface area (Å²) in [6.45, 7) is -1.72. The number of alkyl halides is 3. The minimum absolute atomic E-state index is 0.0856. The van der Waals surface area contributed by atoms with Gasteiger partial charge >= 0.3 is 6.18 Å². The molecule has 1 aromatic rings. The molecule has 6 nitrogen and oxygen atoms in total. The molecule has 108 valence electrons. The van der Waals surface area contributed by atoms with Gasteiger partial charge in [-0.25, -0.2) is 4.98 Å². The lowest BCUT2D eigenvalue weighted by molar-refractivity contribution is -0.174. The second-order valence-electron chi connectivity index (χ2n) is 3.54. The van der Waals surface area contributed by atoms with Gasteiger partial charge in [0.05, 0.1) is 33.1 Å². The summed E-state index contributed by atoms with van der Waals surface area (Å²) in [5.74, 6) is 0.298. The lowest BCUT2D eigenvalue weighted by atomic mass is 10.2. The van der Waals surface area contributed by atoms with Gasteiger partial charge in [-0.05, 0) is 0 Å². The van der Waals surface area contributed by atoms with Gasteiger partial charge in [-0.15, -0.1) is 0 Å². The van der Waals surface area contributed by atoms with Gasteiger partial charge in [0.1, 0.15) is 12.3 Å². The summed E-state index contributed by atoms with van der Waals surface area (Å²) in [4.78, 5) is 7.86. The molecule has 0 aliphatic carbocycles. The molecule has 9 heteroatoms. The molecule has 0 amide bonds. The zero-order chi connectivity index (χ0) is 14.5. The molecule has 2 N–H and O–H groups in total. The molecule has 0 bridgehead atoms. The molecular formula is C10H14F3N3O3. The van der Waals surface area contributed by atoms with Gasteiger partial charge in [-0.2, -0.15) is 18.2 Å². The standard InChI is InChI=1S/C10H14F3N3O3/c1-17-7-3-15-8(9(16-7)18-2)6(14)4-19-5-10(11,12)13/h3,6H,4-5,14H2,1-2H3.